The number of aromatic amines is 1. The third-order valence-electron chi connectivity index (χ3n) is 5.49. The molecule has 1 heterocycles. The van der Waals surface area contributed by atoms with Gasteiger partial charge in [-0.2, -0.15) is 0 Å². The van der Waals surface area contributed by atoms with Gasteiger partial charge in [0.05, 0.1) is 5.56 Å². The molecule has 4 rings (SSSR count). The van der Waals surface area contributed by atoms with E-state index in [-0.39, 0.29) is 11.2 Å². The van der Waals surface area contributed by atoms with E-state index in [1.165, 1.54) is 25.7 Å². The van der Waals surface area contributed by atoms with Crippen molar-refractivity contribution in [1.82, 2.24) is 4.98 Å². The first kappa shape index (κ1) is 13.7. The smallest absolute Gasteiger partial charge is 0.200 e. The van der Waals surface area contributed by atoms with Crippen LogP contribution in [0.3, 0.4) is 0 Å². The van der Waals surface area contributed by atoms with Crippen molar-refractivity contribution in [2.45, 2.75) is 45.4 Å². The Labute approximate surface area is 129 Å². The SMILES string of the molecule is Cc1ccc2c(=O)c3c([nH]c2c1)CC(C1CCCC1)CC3=O. The van der Waals surface area contributed by atoms with E-state index in [1.807, 2.05) is 25.1 Å². The molecule has 0 radical (unpaired) electrons. The third kappa shape index (κ3) is 2.11. The van der Waals surface area contributed by atoms with E-state index in [1.54, 1.807) is 0 Å². The highest BCUT2D eigenvalue weighted by molar-refractivity contribution is 6.01. The second kappa shape index (κ2) is 5.08. The second-order valence-corrected chi connectivity index (χ2v) is 6.99. The molecule has 2 aliphatic carbocycles. The Bertz CT molecular complexity index is 812. The number of aromatic nitrogens is 1. The van der Waals surface area contributed by atoms with Crippen LogP contribution in [0.25, 0.3) is 10.9 Å². The molecule has 1 N–H and O–H groups in total. The number of Topliss-reactive ketones (excluding diaryl/α,β-unsaturated/α-hetero) is 1. The van der Waals surface area contributed by atoms with Crippen LogP contribution in [0.2, 0.25) is 0 Å². The van der Waals surface area contributed by atoms with Gasteiger partial charge in [0.2, 0.25) is 0 Å². The topological polar surface area (TPSA) is 49.9 Å². The van der Waals surface area contributed by atoms with Gasteiger partial charge in [0.15, 0.2) is 11.2 Å². The largest absolute Gasteiger partial charge is 0.358 e. The minimum absolute atomic E-state index is 0.0434. The van der Waals surface area contributed by atoms with Crippen LogP contribution in [-0.2, 0) is 6.42 Å². The van der Waals surface area contributed by atoms with Gasteiger partial charge in [0.1, 0.15) is 0 Å². The van der Waals surface area contributed by atoms with Crippen molar-refractivity contribution in [3.05, 3.63) is 45.2 Å². The van der Waals surface area contributed by atoms with E-state index < -0.39 is 0 Å². The van der Waals surface area contributed by atoms with Crippen LogP contribution in [0.15, 0.2) is 23.0 Å². The van der Waals surface area contributed by atoms with Gasteiger partial charge < -0.3 is 4.98 Å². The number of ketones is 1. The summed E-state index contributed by atoms with van der Waals surface area (Å²) in [6, 6.07) is 5.76. The zero-order valence-electron chi connectivity index (χ0n) is 12.9. The fourth-order valence-electron chi connectivity index (χ4n) is 4.34. The number of aryl methyl sites for hydroxylation is 1. The van der Waals surface area contributed by atoms with E-state index >= 15 is 0 Å². The second-order valence-electron chi connectivity index (χ2n) is 6.99. The number of hydrogen-bond acceptors (Lipinski definition) is 2. The predicted molar refractivity (Wildman–Crippen MR) is 87.4 cm³/mol. The highest BCUT2D eigenvalue weighted by Crippen LogP contribution is 2.38. The zero-order valence-corrected chi connectivity index (χ0v) is 12.9. The number of carbonyl (C=O) groups is 1. The highest BCUT2D eigenvalue weighted by atomic mass is 16.1. The molecule has 0 bridgehead atoms. The van der Waals surface area contributed by atoms with Crippen molar-refractivity contribution in [2.75, 3.05) is 0 Å². The maximum absolute atomic E-state index is 12.7. The monoisotopic (exact) mass is 295 g/mol. The van der Waals surface area contributed by atoms with Gasteiger partial charge in [0, 0.05) is 23.0 Å². The highest BCUT2D eigenvalue weighted by Gasteiger charge is 2.34. The molecule has 0 aliphatic heterocycles. The molecule has 1 aromatic carbocycles. The number of pyridine rings is 1. The molecule has 22 heavy (non-hydrogen) atoms. The Hall–Kier alpha value is -1.90. The number of carbonyl (C=O) groups excluding carboxylic acids is 1. The Kier molecular flexibility index (Phi) is 3.17. The van der Waals surface area contributed by atoms with Crippen molar-refractivity contribution in [3.63, 3.8) is 0 Å². The molecule has 1 atom stereocenters. The molecule has 3 heteroatoms. The third-order valence-corrected chi connectivity index (χ3v) is 5.49. The molecule has 2 aromatic rings. The van der Waals surface area contributed by atoms with Crippen LogP contribution in [0, 0.1) is 18.8 Å². The Balaban J connectivity index is 1.83. The average Bonchev–Trinajstić information content (AvgIpc) is 3.00. The number of H-pyrrole nitrogens is 1. The van der Waals surface area contributed by atoms with Crippen LogP contribution in [0.5, 0.6) is 0 Å². The molecule has 1 fully saturated rings. The fraction of sp³-hybridized carbons (Fsp3) is 0.474. The summed E-state index contributed by atoms with van der Waals surface area (Å²) in [6.45, 7) is 2.02. The lowest BCUT2D eigenvalue weighted by Gasteiger charge is -2.28. The molecule has 1 saturated carbocycles. The van der Waals surface area contributed by atoms with Gasteiger partial charge in [-0.05, 0) is 42.9 Å². The Morgan fingerprint density at radius 3 is 2.59 bits per heavy atom. The van der Waals surface area contributed by atoms with Crippen molar-refractivity contribution < 1.29 is 4.79 Å². The van der Waals surface area contributed by atoms with Crippen LogP contribution >= 0.6 is 0 Å². The first-order valence-electron chi connectivity index (χ1n) is 8.32. The van der Waals surface area contributed by atoms with Crippen LogP contribution in [0.1, 0.15) is 53.7 Å². The molecule has 0 amide bonds. The maximum Gasteiger partial charge on any atom is 0.200 e. The van der Waals surface area contributed by atoms with E-state index in [4.69, 9.17) is 0 Å². The molecular formula is C19H21NO2. The van der Waals surface area contributed by atoms with E-state index in [0.29, 0.717) is 29.2 Å². The molecule has 3 nitrogen and oxygen atoms in total. The first-order chi connectivity index (χ1) is 10.6. The standard InChI is InChI=1S/C19H21NO2/c1-11-6-7-14-15(8-11)20-16-9-13(12-4-2-3-5-12)10-17(21)18(16)19(14)22/h6-8,12-13H,2-5,9-10H2,1H3,(H,20,22). The van der Waals surface area contributed by atoms with E-state index in [9.17, 15) is 9.59 Å². The van der Waals surface area contributed by atoms with Crippen molar-refractivity contribution in [2.24, 2.45) is 11.8 Å². The van der Waals surface area contributed by atoms with Gasteiger partial charge in [-0.1, -0.05) is 31.7 Å². The molecule has 0 spiro atoms. The van der Waals surface area contributed by atoms with Crippen molar-refractivity contribution >= 4 is 16.7 Å². The lowest BCUT2D eigenvalue weighted by molar-refractivity contribution is 0.0924. The predicted octanol–water partition coefficient (Wildman–Crippen LogP) is 3.77. The molecule has 2 aliphatic rings. The van der Waals surface area contributed by atoms with Gasteiger partial charge >= 0.3 is 0 Å². The summed E-state index contributed by atoms with van der Waals surface area (Å²) >= 11 is 0. The van der Waals surface area contributed by atoms with Gasteiger partial charge in [-0.3, -0.25) is 9.59 Å². The minimum atomic E-state index is -0.0846. The normalized spacial score (nSPS) is 22.2. The van der Waals surface area contributed by atoms with E-state index in [2.05, 4.69) is 4.98 Å². The van der Waals surface area contributed by atoms with Gasteiger partial charge in [0.25, 0.3) is 0 Å². The average molecular weight is 295 g/mol. The first-order valence-corrected chi connectivity index (χ1v) is 8.32. The number of fused-ring (bicyclic) bond motifs is 2. The number of hydrogen-bond donors (Lipinski definition) is 1. The summed E-state index contributed by atoms with van der Waals surface area (Å²) in [4.78, 5) is 28.6. The Morgan fingerprint density at radius 1 is 1.05 bits per heavy atom. The summed E-state index contributed by atoms with van der Waals surface area (Å²) in [5, 5.41) is 0.636. The fourth-order valence-corrected chi connectivity index (χ4v) is 4.34. The maximum atomic E-state index is 12.7. The lowest BCUT2D eigenvalue weighted by atomic mass is 9.77. The number of nitrogens with one attached hydrogen (secondary N) is 1. The quantitative estimate of drug-likeness (QED) is 0.870. The summed E-state index contributed by atoms with van der Waals surface area (Å²) in [5.74, 6) is 1.12. The van der Waals surface area contributed by atoms with Crippen LogP contribution in [0.4, 0.5) is 0 Å². The summed E-state index contributed by atoms with van der Waals surface area (Å²) in [6.07, 6.45) is 6.46. The van der Waals surface area contributed by atoms with E-state index in [0.717, 1.165) is 23.2 Å². The number of rotatable bonds is 1. The zero-order chi connectivity index (χ0) is 15.3. The summed E-state index contributed by atoms with van der Waals surface area (Å²) in [7, 11) is 0. The Morgan fingerprint density at radius 2 is 1.82 bits per heavy atom. The lowest BCUT2D eigenvalue weighted by Crippen LogP contribution is -2.31. The van der Waals surface area contributed by atoms with Crippen molar-refractivity contribution in [3.8, 4) is 0 Å². The number of benzene rings is 1. The molecule has 0 saturated heterocycles. The molecule has 1 unspecified atom stereocenters. The van der Waals surface area contributed by atoms with Crippen LogP contribution < -0.4 is 5.43 Å². The van der Waals surface area contributed by atoms with Gasteiger partial charge in [-0.25, -0.2) is 0 Å². The molecule has 1 aromatic heterocycles. The summed E-state index contributed by atoms with van der Waals surface area (Å²) < 4.78 is 0. The van der Waals surface area contributed by atoms with Gasteiger partial charge in [-0.15, -0.1) is 0 Å². The van der Waals surface area contributed by atoms with Crippen molar-refractivity contribution in [1.29, 1.82) is 0 Å². The summed E-state index contributed by atoms with van der Waals surface area (Å²) in [5.41, 5.74) is 3.20. The molecule has 114 valence electrons. The van der Waals surface area contributed by atoms with Crippen LogP contribution in [-0.4, -0.2) is 10.8 Å². The minimum Gasteiger partial charge on any atom is -0.358 e. The molecular weight excluding hydrogens is 274 g/mol.